The molecule has 0 bridgehead atoms. The highest BCUT2D eigenvalue weighted by atomic mass is 35.5. The van der Waals surface area contributed by atoms with Gasteiger partial charge in [-0.05, 0) is 31.7 Å². The summed E-state index contributed by atoms with van der Waals surface area (Å²) in [7, 11) is 0. The van der Waals surface area contributed by atoms with Crippen LogP contribution in [0.15, 0.2) is 30.5 Å². The number of amides is 1. The van der Waals surface area contributed by atoms with Gasteiger partial charge in [0.15, 0.2) is 0 Å². The fourth-order valence-corrected chi connectivity index (χ4v) is 3.75. The normalized spacial score (nSPS) is 21.5. The first-order valence-electron chi connectivity index (χ1n) is 7.33. The molecule has 1 aliphatic rings. The molecule has 4 nitrogen and oxygen atoms in total. The Bertz CT molecular complexity index is 666. The number of thiazole rings is 1. The van der Waals surface area contributed by atoms with E-state index in [2.05, 4.69) is 10.3 Å². The summed E-state index contributed by atoms with van der Waals surface area (Å²) < 4.78 is 0. The van der Waals surface area contributed by atoms with E-state index in [-0.39, 0.29) is 18.1 Å². The Morgan fingerprint density at radius 1 is 1.27 bits per heavy atom. The second kappa shape index (κ2) is 6.77. The van der Waals surface area contributed by atoms with Gasteiger partial charge in [0.2, 0.25) is 0 Å². The highest BCUT2D eigenvalue weighted by molar-refractivity contribution is 7.17. The molecule has 0 saturated heterocycles. The summed E-state index contributed by atoms with van der Waals surface area (Å²) in [5.41, 5.74) is 0.842. The van der Waals surface area contributed by atoms with Gasteiger partial charge in [0.25, 0.3) is 5.91 Å². The number of nitrogens with zero attached hydrogens (tertiary/aromatic N) is 1. The zero-order valence-corrected chi connectivity index (χ0v) is 13.5. The third kappa shape index (κ3) is 3.48. The summed E-state index contributed by atoms with van der Waals surface area (Å²) in [4.78, 5) is 17.2. The number of aromatic nitrogens is 1. The Morgan fingerprint density at radius 3 is 2.73 bits per heavy atom. The van der Waals surface area contributed by atoms with Gasteiger partial charge in [0.05, 0.1) is 17.3 Å². The Balaban J connectivity index is 1.68. The minimum absolute atomic E-state index is 0.0998. The van der Waals surface area contributed by atoms with Crippen LogP contribution in [-0.4, -0.2) is 28.1 Å². The Morgan fingerprint density at radius 2 is 2.00 bits per heavy atom. The van der Waals surface area contributed by atoms with Crippen molar-refractivity contribution in [2.75, 3.05) is 0 Å². The Labute approximate surface area is 138 Å². The molecule has 1 fully saturated rings. The maximum Gasteiger partial charge on any atom is 0.263 e. The van der Waals surface area contributed by atoms with Gasteiger partial charge < -0.3 is 10.4 Å². The average molecular weight is 337 g/mol. The van der Waals surface area contributed by atoms with Crippen molar-refractivity contribution in [1.29, 1.82) is 0 Å². The number of aliphatic hydroxyl groups excluding tert-OH is 1. The third-order valence-corrected chi connectivity index (χ3v) is 5.22. The second-order valence-electron chi connectivity index (χ2n) is 5.49. The number of benzene rings is 1. The minimum atomic E-state index is -0.219. The molecule has 1 heterocycles. The molecule has 1 aromatic heterocycles. The van der Waals surface area contributed by atoms with Gasteiger partial charge in [0.1, 0.15) is 9.88 Å². The number of carbonyl (C=O) groups excluding carboxylic acids is 1. The lowest BCUT2D eigenvalue weighted by molar-refractivity contribution is 0.0871. The van der Waals surface area contributed by atoms with Crippen molar-refractivity contribution in [2.24, 2.45) is 0 Å². The van der Waals surface area contributed by atoms with Crippen LogP contribution >= 0.6 is 22.9 Å². The highest BCUT2D eigenvalue weighted by Gasteiger charge is 2.22. The van der Waals surface area contributed by atoms with Crippen LogP contribution in [0.1, 0.15) is 35.4 Å². The fourth-order valence-electron chi connectivity index (χ4n) is 2.61. The molecule has 2 aromatic rings. The predicted molar refractivity (Wildman–Crippen MR) is 88.3 cm³/mol. The van der Waals surface area contributed by atoms with Crippen molar-refractivity contribution in [1.82, 2.24) is 10.3 Å². The van der Waals surface area contributed by atoms with E-state index >= 15 is 0 Å². The number of halogens is 1. The largest absolute Gasteiger partial charge is 0.393 e. The molecule has 1 aliphatic carbocycles. The average Bonchev–Trinajstić information content (AvgIpc) is 3.00. The van der Waals surface area contributed by atoms with Crippen molar-refractivity contribution in [3.05, 3.63) is 40.4 Å². The van der Waals surface area contributed by atoms with E-state index in [1.165, 1.54) is 11.3 Å². The molecule has 0 radical (unpaired) electrons. The number of carbonyl (C=O) groups is 1. The zero-order valence-electron chi connectivity index (χ0n) is 12.0. The third-order valence-electron chi connectivity index (χ3n) is 3.87. The summed E-state index contributed by atoms with van der Waals surface area (Å²) in [6.45, 7) is 0. The van der Waals surface area contributed by atoms with Gasteiger partial charge in [-0.3, -0.25) is 4.79 Å². The van der Waals surface area contributed by atoms with Crippen LogP contribution < -0.4 is 5.32 Å². The molecule has 1 aromatic carbocycles. The van der Waals surface area contributed by atoms with E-state index in [0.29, 0.717) is 9.90 Å². The Kier molecular flexibility index (Phi) is 4.76. The van der Waals surface area contributed by atoms with Crippen LogP contribution in [0, 0.1) is 0 Å². The summed E-state index contributed by atoms with van der Waals surface area (Å²) in [5, 5.41) is 13.9. The van der Waals surface area contributed by atoms with Gasteiger partial charge in [0, 0.05) is 11.6 Å². The van der Waals surface area contributed by atoms with Crippen LogP contribution in [-0.2, 0) is 0 Å². The summed E-state index contributed by atoms with van der Waals surface area (Å²) in [6, 6.07) is 7.61. The van der Waals surface area contributed by atoms with Crippen molar-refractivity contribution < 1.29 is 9.90 Å². The van der Waals surface area contributed by atoms with Crippen molar-refractivity contribution in [2.45, 2.75) is 37.8 Å². The van der Waals surface area contributed by atoms with Crippen LogP contribution in [0.4, 0.5) is 0 Å². The van der Waals surface area contributed by atoms with E-state index in [4.69, 9.17) is 11.6 Å². The zero-order chi connectivity index (χ0) is 15.5. The standard InChI is InChI=1S/C16H17ClN2O2S/c17-13-4-2-1-3-12(13)16-18-9-14(22-16)15(21)19-10-5-7-11(20)8-6-10/h1-4,9-11,20H,5-8H2,(H,19,21). The molecule has 2 N–H and O–H groups in total. The molecule has 116 valence electrons. The molecule has 3 rings (SSSR count). The molecule has 0 atom stereocenters. The van der Waals surface area contributed by atoms with Crippen molar-refractivity contribution in [3.63, 3.8) is 0 Å². The molecule has 6 heteroatoms. The number of aliphatic hydroxyl groups is 1. The number of hydrogen-bond acceptors (Lipinski definition) is 4. The molecule has 1 saturated carbocycles. The van der Waals surface area contributed by atoms with Gasteiger partial charge in [-0.25, -0.2) is 4.98 Å². The summed E-state index contributed by atoms with van der Waals surface area (Å²) >= 11 is 7.50. The monoisotopic (exact) mass is 336 g/mol. The lowest BCUT2D eigenvalue weighted by Crippen LogP contribution is -2.38. The van der Waals surface area contributed by atoms with Gasteiger partial charge >= 0.3 is 0 Å². The van der Waals surface area contributed by atoms with E-state index in [9.17, 15) is 9.90 Å². The first kappa shape index (κ1) is 15.5. The van der Waals surface area contributed by atoms with Gasteiger partial charge in [-0.15, -0.1) is 11.3 Å². The fraction of sp³-hybridized carbons (Fsp3) is 0.375. The smallest absolute Gasteiger partial charge is 0.263 e. The molecule has 22 heavy (non-hydrogen) atoms. The number of hydrogen-bond donors (Lipinski definition) is 2. The number of rotatable bonds is 3. The minimum Gasteiger partial charge on any atom is -0.393 e. The lowest BCUT2D eigenvalue weighted by atomic mass is 9.93. The summed E-state index contributed by atoms with van der Waals surface area (Å²) in [6.07, 6.45) is 4.52. The van der Waals surface area contributed by atoms with Crippen LogP contribution in [0.5, 0.6) is 0 Å². The van der Waals surface area contributed by atoms with Gasteiger partial charge in [-0.2, -0.15) is 0 Å². The van der Waals surface area contributed by atoms with E-state index in [0.717, 1.165) is 36.3 Å². The van der Waals surface area contributed by atoms with E-state index < -0.39 is 0 Å². The van der Waals surface area contributed by atoms with Crippen molar-refractivity contribution >= 4 is 28.8 Å². The maximum absolute atomic E-state index is 12.3. The van der Waals surface area contributed by atoms with Gasteiger partial charge in [-0.1, -0.05) is 29.8 Å². The topological polar surface area (TPSA) is 62.2 Å². The van der Waals surface area contributed by atoms with Crippen LogP contribution in [0.25, 0.3) is 10.6 Å². The quantitative estimate of drug-likeness (QED) is 0.901. The first-order chi connectivity index (χ1) is 10.6. The molecule has 0 unspecified atom stereocenters. The lowest BCUT2D eigenvalue weighted by Gasteiger charge is -2.25. The molecule has 0 spiro atoms. The predicted octanol–water partition coefficient (Wildman–Crippen LogP) is 3.50. The Hall–Kier alpha value is -1.43. The molecule has 0 aliphatic heterocycles. The maximum atomic E-state index is 12.3. The molecule has 1 amide bonds. The number of nitrogens with one attached hydrogen (secondary N) is 1. The second-order valence-corrected chi connectivity index (χ2v) is 6.93. The van der Waals surface area contributed by atoms with Crippen LogP contribution in [0.2, 0.25) is 5.02 Å². The highest BCUT2D eigenvalue weighted by Crippen LogP contribution is 2.31. The molecular formula is C16H17ClN2O2S. The van der Waals surface area contributed by atoms with Crippen molar-refractivity contribution in [3.8, 4) is 10.6 Å². The van der Waals surface area contributed by atoms with Crippen LogP contribution in [0.3, 0.4) is 0 Å². The summed E-state index contributed by atoms with van der Waals surface area (Å²) in [5.74, 6) is -0.0998. The van der Waals surface area contributed by atoms with E-state index in [1.54, 1.807) is 6.20 Å². The van der Waals surface area contributed by atoms with E-state index in [1.807, 2.05) is 24.3 Å². The SMILES string of the molecule is O=C(NC1CCC(O)CC1)c1cnc(-c2ccccc2Cl)s1. The first-order valence-corrected chi connectivity index (χ1v) is 8.52. The molecular weight excluding hydrogens is 320 g/mol.